The molecule has 7 heteroatoms. The van der Waals surface area contributed by atoms with Crippen molar-refractivity contribution in [2.24, 2.45) is 0 Å². The van der Waals surface area contributed by atoms with Crippen molar-refractivity contribution in [3.05, 3.63) is 70.1 Å². The van der Waals surface area contributed by atoms with Gasteiger partial charge in [-0.15, -0.1) is 11.3 Å². The number of thiophene rings is 1. The first-order valence-electron chi connectivity index (χ1n) is 9.79. The molecule has 1 aliphatic carbocycles. The summed E-state index contributed by atoms with van der Waals surface area (Å²) in [5.41, 5.74) is 2.60. The van der Waals surface area contributed by atoms with E-state index in [9.17, 15) is 13.2 Å². The Morgan fingerprint density at radius 2 is 1.86 bits per heavy atom. The lowest BCUT2D eigenvalue weighted by Crippen LogP contribution is -2.30. The Morgan fingerprint density at radius 1 is 1.07 bits per heavy atom. The molecule has 0 atom stereocenters. The second-order valence-electron chi connectivity index (χ2n) is 7.78. The highest BCUT2D eigenvalue weighted by Gasteiger charge is 2.30. The van der Waals surface area contributed by atoms with E-state index in [0.29, 0.717) is 5.92 Å². The van der Waals surface area contributed by atoms with Crippen LogP contribution in [0, 0.1) is 0 Å². The van der Waals surface area contributed by atoms with Gasteiger partial charge in [0, 0.05) is 59.2 Å². The molecular formula is C22H20F3N3S. The molecule has 0 bridgehead atoms. The highest BCUT2D eigenvalue weighted by atomic mass is 32.1. The largest absolute Gasteiger partial charge is 0.416 e. The first-order valence-corrected chi connectivity index (χ1v) is 10.6. The molecule has 1 fully saturated rings. The number of hydrogen-bond donors (Lipinski definition) is 0. The SMILES string of the molecule is FC(F)(F)c1ccc(-c2ccc(CN3CCc4nc(C5CC5)ncc4C3)s2)cc1. The summed E-state index contributed by atoms with van der Waals surface area (Å²) in [5.74, 6) is 1.59. The third-order valence-corrected chi connectivity index (χ3v) is 6.63. The molecule has 2 aliphatic rings. The van der Waals surface area contributed by atoms with Gasteiger partial charge in [0.15, 0.2) is 0 Å². The summed E-state index contributed by atoms with van der Waals surface area (Å²) in [4.78, 5) is 13.9. The van der Waals surface area contributed by atoms with Crippen LogP contribution in [-0.2, 0) is 25.7 Å². The lowest BCUT2D eigenvalue weighted by atomic mass is 10.1. The van der Waals surface area contributed by atoms with Crippen LogP contribution in [0.5, 0.6) is 0 Å². The predicted molar refractivity (Wildman–Crippen MR) is 107 cm³/mol. The molecule has 3 nitrogen and oxygen atoms in total. The van der Waals surface area contributed by atoms with Crippen molar-refractivity contribution in [3.8, 4) is 10.4 Å². The minimum atomic E-state index is -4.30. The van der Waals surface area contributed by atoms with Gasteiger partial charge in [-0.1, -0.05) is 12.1 Å². The average Bonchev–Trinajstić information content (AvgIpc) is 3.46. The molecule has 0 unspecified atom stereocenters. The maximum absolute atomic E-state index is 12.7. The molecule has 5 rings (SSSR count). The summed E-state index contributed by atoms with van der Waals surface area (Å²) in [6, 6.07) is 9.44. The number of fused-ring (bicyclic) bond motifs is 1. The zero-order valence-electron chi connectivity index (χ0n) is 15.7. The van der Waals surface area contributed by atoms with Crippen molar-refractivity contribution in [1.82, 2.24) is 14.9 Å². The van der Waals surface area contributed by atoms with E-state index < -0.39 is 11.7 Å². The smallest absolute Gasteiger partial charge is 0.293 e. The quantitative estimate of drug-likeness (QED) is 0.551. The summed E-state index contributed by atoms with van der Waals surface area (Å²) in [7, 11) is 0. The van der Waals surface area contributed by atoms with Gasteiger partial charge < -0.3 is 0 Å². The van der Waals surface area contributed by atoms with Gasteiger partial charge in [-0.05, 0) is 42.7 Å². The van der Waals surface area contributed by atoms with Crippen LogP contribution >= 0.6 is 11.3 Å². The van der Waals surface area contributed by atoms with Crippen LogP contribution in [0.4, 0.5) is 13.2 Å². The number of rotatable bonds is 4. The van der Waals surface area contributed by atoms with E-state index >= 15 is 0 Å². The Kier molecular flexibility index (Phi) is 4.67. The topological polar surface area (TPSA) is 29.0 Å². The van der Waals surface area contributed by atoms with Gasteiger partial charge in [0.25, 0.3) is 0 Å². The Labute approximate surface area is 171 Å². The zero-order chi connectivity index (χ0) is 20.0. The molecule has 0 amide bonds. The molecule has 2 aromatic heterocycles. The van der Waals surface area contributed by atoms with Crippen molar-refractivity contribution < 1.29 is 13.2 Å². The Morgan fingerprint density at radius 3 is 2.59 bits per heavy atom. The second kappa shape index (κ2) is 7.22. The number of halogens is 3. The summed E-state index contributed by atoms with van der Waals surface area (Å²) in [5, 5.41) is 0. The Hall–Kier alpha value is -2.25. The molecular weight excluding hydrogens is 395 g/mol. The van der Waals surface area contributed by atoms with Crippen molar-refractivity contribution in [3.63, 3.8) is 0 Å². The Balaban J connectivity index is 1.26. The van der Waals surface area contributed by atoms with E-state index in [1.807, 2.05) is 12.3 Å². The molecule has 1 aromatic carbocycles. The minimum absolute atomic E-state index is 0.577. The molecule has 0 saturated heterocycles. The zero-order valence-corrected chi connectivity index (χ0v) is 16.6. The molecule has 3 heterocycles. The fraction of sp³-hybridized carbons (Fsp3) is 0.364. The maximum atomic E-state index is 12.7. The standard InChI is InChI=1S/C22H20F3N3S/c23-22(24,25)17-5-3-14(4-6-17)20-8-7-18(29-20)13-28-10-9-19-16(12-28)11-26-21(27-19)15-1-2-15/h3-8,11,15H,1-2,9-10,12-13H2. The fourth-order valence-corrected chi connectivity index (χ4v) is 4.78. The number of hydrogen-bond acceptors (Lipinski definition) is 4. The first kappa shape index (κ1) is 18.8. The van der Waals surface area contributed by atoms with E-state index in [0.717, 1.165) is 54.5 Å². The first-order chi connectivity index (χ1) is 14.0. The minimum Gasteiger partial charge on any atom is -0.293 e. The summed E-state index contributed by atoms with van der Waals surface area (Å²) in [6.07, 6.45) is 1.06. The van der Waals surface area contributed by atoms with Gasteiger partial charge in [-0.25, -0.2) is 9.97 Å². The predicted octanol–water partition coefficient (Wildman–Crippen LogP) is 5.66. The summed E-state index contributed by atoms with van der Waals surface area (Å²) in [6.45, 7) is 2.63. The number of nitrogens with zero attached hydrogens (tertiary/aromatic N) is 3. The second-order valence-corrected chi connectivity index (χ2v) is 8.94. The van der Waals surface area contributed by atoms with Crippen molar-refractivity contribution in [2.45, 2.75) is 44.4 Å². The van der Waals surface area contributed by atoms with E-state index in [-0.39, 0.29) is 0 Å². The van der Waals surface area contributed by atoms with Crippen molar-refractivity contribution in [2.75, 3.05) is 6.54 Å². The van der Waals surface area contributed by atoms with Crippen molar-refractivity contribution >= 4 is 11.3 Å². The van der Waals surface area contributed by atoms with Crippen LogP contribution in [-0.4, -0.2) is 21.4 Å². The van der Waals surface area contributed by atoms with Crippen LogP contribution in [0.3, 0.4) is 0 Å². The van der Waals surface area contributed by atoms with Crippen LogP contribution in [0.2, 0.25) is 0 Å². The Bertz CT molecular complexity index is 1020. The normalized spacial score (nSPS) is 17.3. The summed E-state index contributed by atoms with van der Waals surface area (Å²) >= 11 is 1.63. The van der Waals surface area contributed by atoms with Gasteiger partial charge in [-0.3, -0.25) is 4.90 Å². The number of aromatic nitrogens is 2. The molecule has 0 radical (unpaired) electrons. The highest BCUT2D eigenvalue weighted by Crippen LogP contribution is 2.38. The van der Waals surface area contributed by atoms with Gasteiger partial charge in [-0.2, -0.15) is 13.2 Å². The molecule has 150 valence electrons. The number of benzene rings is 1. The monoisotopic (exact) mass is 415 g/mol. The van der Waals surface area contributed by atoms with Crippen LogP contribution in [0.15, 0.2) is 42.6 Å². The fourth-order valence-electron chi connectivity index (χ4n) is 3.73. The third kappa shape index (κ3) is 4.07. The van der Waals surface area contributed by atoms with E-state index in [2.05, 4.69) is 16.0 Å². The lowest BCUT2D eigenvalue weighted by Gasteiger charge is -2.27. The highest BCUT2D eigenvalue weighted by molar-refractivity contribution is 7.15. The molecule has 0 spiro atoms. The third-order valence-electron chi connectivity index (χ3n) is 5.51. The van der Waals surface area contributed by atoms with Gasteiger partial charge in [0.05, 0.1) is 5.56 Å². The van der Waals surface area contributed by atoms with E-state index in [1.54, 1.807) is 23.5 Å². The molecule has 0 N–H and O–H groups in total. The lowest BCUT2D eigenvalue weighted by molar-refractivity contribution is -0.137. The molecule has 1 aliphatic heterocycles. The van der Waals surface area contributed by atoms with Crippen LogP contribution in [0.25, 0.3) is 10.4 Å². The average molecular weight is 415 g/mol. The maximum Gasteiger partial charge on any atom is 0.416 e. The van der Waals surface area contributed by atoms with Gasteiger partial charge >= 0.3 is 6.18 Å². The van der Waals surface area contributed by atoms with Gasteiger partial charge in [0.2, 0.25) is 0 Å². The van der Waals surface area contributed by atoms with Gasteiger partial charge in [0.1, 0.15) is 5.82 Å². The molecule has 29 heavy (non-hydrogen) atoms. The van der Waals surface area contributed by atoms with E-state index in [4.69, 9.17) is 4.98 Å². The summed E-state index contributed by atoms with van der Waals surface area (Å²) < 4.78 is 38.2. The molecule has 3 aromatic rings. The van der Waals surface area contributed by atoms with Crippen LogP contribution in [0.1, 0.15) is 46.3 Å². The number of alkyl halides is 3. The molecule has 1 saturated carbocycles. The van der Waals surface area contributed by atoms with Crippen molar-refractivity contribution in [1.29, 1.82) is 0 Å². The van der Waals surface area contributed by atoms with E-state index in [1.165, 1.54) is 29.0 Å². The van der Waals surface area contributed by atoms with Crippen LogP contribution < -0.4 is 0 Å².